The highest BCUT2D eigenvalue weighted by Crippen LogP contribution is 2.38. The Morgan fingerprint density at radius 2 is 1.75 bits per heavy atom. The van der Waals surface area contributed by atoms with Crippen molar-refractivity contribution < 1.29 is 18.8 Å². The zero-order valence-electron chi connectivity index (χ0n) is 16.8. The van der Waals surface area contributed by atoms with E-state index in [1.807, 2.05) is 20.8 Å². The standard InChI is InChI=1S/C22H26N2O4/c1-5-23-20(26)15-8-6-14(7-9-15)12-24-21(27)19-13(2)18-16(25)10-22(3,4)11-17(18)28-19/h6-9H,5,10-12H2,1-4H3,(H,23,26)(H,24,27). The Balaban J connectivity index is 1.69. The van der Waals surface area contributed by atoms with Gasteiger partial charge in [-0.05, 0) is 37.0 Å². The molecule has 3 rings (SSSR count). The van der Waals surface area contributed by atoms with Gasteiger partial charge in [-0.1, -0.05) is 26.0 Å². The molecule has 0 saturated heterocycles. The van der Waals surface area contributed by atoms with Crippen molar-refractivity contribution in [3.8, 4) is 0 Å². The number of amides is 2. The number of rotatable bonds is 5. The number of hydrogen-bond donors (Lipinski definition) is 2. The lowest BCUT2D eigenvalue weighted by molar-refractivity contribution is 0.0888. The Bertz CT molecular complexity index is 923. The number of fused-ring (bicyclic) bond motifs is 1. The van der Waals surface area contributed by atoms with E-state index in [9.17, 15) is 14.4 Å². The number of carbonyl (C=O) groups excluding carboxylic acids is 3. The van der Waals surface area contributed by atoms with Gasteiger partial charge in [0.1, 0.15) is 5.76 Å². The zero-order chi connectivity index (χ0) is 20.5. The monoisotopic (exact) mass is 382 g/mol. The first-order chi connectivity index (χ1) is 13.2. The highest BCUT2D eigenvalue weighted by atomic mass is 16.4. The zero-order valence-corrected chi connectivity index (χ0v) is 16.8. The van der Waals surface area contributed by atoms with Crippen LogP contribution in [0, 0.1) is 12.3 Å². The normalized spacial score (nSPS) is 15.1. The van der Waals surface area contributed by atoms with E-state index in [1.54, 1.807) is 31.2 Å². The fraction of sp³-hybridized carbons (Fsp3) is 0.409. The molecule has 0 spiro atoms. The van der Waals surface area contributed by atoms with Crippen molar-refractivity contribution in [3.63, 3.8) is 0 Å². The fourth-order valence-electron chi connectivity index (χ4n) is 3.60. The second-order valence-corrected chi connectivity index (χ2v) is 8.03. The summed E-state index contributed by atoms with van der Waals surface area (Å²) in [5.41, 5.74) is 2.46. The van der Waals surface area contributed by atoms with Gasteiger partial charge in [-0.25, -0.2) is 0 Å². The van der Waals surface area contributed by atoms with E-state index < -0.39 is 0 Å². The lowest BCUT2D eigenvalue weighted by atomic mass is 9.76. The van der Waals surface area contributed by atoms with E-state index in [1.165, 1.54) is 0 Å². The van der Waals surface area contributed by atoms with E-state index in [-0.39, 0.29) is 28.8 Å². The van der Waals surface area contributed by atoms with E-state index in [0.29, 0.717) is 48.4 Å². The van der Waals surface area contributed by atoms with Crippen molar-refractivity contribution >= 4 is 17.6 Å². The molecule has 1 aliphatic carbocycles. The fourth-order valence-corrected chi connectivity index (χ4v) is 3.60. The topological polar surface area (TPSA) is 88.4 Å². The third kappa shape index (κ3) is 4.01. The molecule has 1 aromatic heterocycles. The molecule has 1 aliphatic rings. The second-order valence-electron chi connectivity index (χ2n) is 8.03. The third-order valence-corrected chi connectivity index (χ3v) is 4.99. The minimum absolute atomic E-state index is 0.0347. The lowest BCUT2D eigenvalue weighted by Gasteiger charge is -2.27. The molecule has 2 amide bonds. The number of benzene rings is 1. The molecule has 0 atom stereocenters. The van der Waals surface area contributed by atoms with Gasteiger partial charge in [-0.15, -0.1) is 0 Å². The predicted molar refractivity (Wildman–Crippen MR) is 105 cm³/mol. The van der Waals surface area contributed by atoms with Gasteiger partial charge in [-0.3, -0.25) is 14.4 Å². The molecule has 1 aromatic carbocycles. The van der Waals surface area contributed by atoms with Gasteiger partial charge in [0.2, 0.25) is 0 Å². The number of carbonyl (C=O) groups is 3. The van der Waals surface area contributed by atoms with Crippen molar-refractivity contribution in [1.29, 1.82) is 0 Å². The summed E-state index contributed by atoms with van der Waals surface area (Å²) in [5.74, 6) is 0.380. The van der Waals surface area contributed by atoms with Crippen LogP contribution in [0.1, 0.15) is 75.3 Å². The summed E-state index contributed by atoms with van der Waals surface area (Å²) in [6.07, 6.45) is 1.10. The maximum atomic E-state index is 12.6. The molecule has 0 radical (unpaired) electrons. The molecule has 0 fully saturated rings. The maximum absolute atomic E-state index is 12.6. The maximum Gasteiger partial charge on any atom is 0.287 e. The highest BCUT2D eigenvalue weighted by molar-refractivity contribution is 6.03. The summed E-state index contributed by atoms with van der Waals surface area (Å²) in [7, 11) is 0. The molecule has 0 unspecified atom stereocenters. The predicted octanol–water partition coefficient (Wildman–Crippen LogP) is 3.42. The van der Waals surface area contributed by atoms with E-state index >= 15 is 0 Å². The van der Waals surface area contributed by atoms with E-state index in [2.05, 4.69) is 10.6 Å². The summed E-state index contributed by atoms with van der Waals surface area (Å²) < 4.78 is 5.78. The first-order valence-electron chi connectivity index (χ1n) is 9.52. The first-order valence-corrected chi connectivity index (χ1v) is 9.52. The summed E-state index contributed by atoms with van der Waals surface area (Å²) in [5, 5.41) is 5.57. The molecule has 28 heavy (non-hydrogen) atoms. The van der Waals surface area contributed by atoms with Gasteiger partial charge >= 0.3 is 0 Å². The highest BCUT2D eigenvalue weighted by Gasteiger charge is 2.36. The van der Waals surface area contributed by atoms with Gasteiger partial charge in [0.25, 0.3) is 11.8 Å². The Hall–Kier alpha value is -2.89. The Morgan fingerprint density at radius 1 is 1.07 bits per heavy atom. The van der Waals surface area contributed by atoms with Crippen LogP contribution in [0.4, 0.5) is 0 Å². The minimum Gasteiger partial charge on any atom is -0.455 e. The lowest BCUT2D eigenvalue weighted by Crippen LogP contribution is -2.26. The number of ketones is 1. The van der Waals surface area contributed by atoms with Crippen LogP contribution in [-0.4, -0.2) is 24.1 Å². The number of Topliss-reactive ketones (excluding diaryl/α,β-unsaturated/α-hetero) is 1. The molecule has 6 nitrogen and oxygen atoms in total. The first kappa shape index (κ1) is 19.9. The molecule has 0 aliphatic heterocycles. The van der Waals surface area contributed by atoms with Crippen molar-refractivity contribution in [2.24, 2.45) is 5.41 Å². The van der Waals surface area contributed by atoms with Crippen LogP contribution in [0.5, 0.6) is 0 Å². The Morgan fingerprint density at radius 3 is 2.39 bits per heavy atom. The van der Waals surface area contributed by atoms with Crippen LogP contribution in [0.3, 0.4) is 0 Å². The third-order valence-electron chi connectivity index (χ3n) is 4.99. The molecule has 1 heterocycles. The van der Waals surface area contributed by atoms with Gasteiger partial charge in [0, 0.05) is 37.1 Å². The number of hydrogen-bond acceptors (Lipinski definition) is 4. The largest absolute Gasteiger partial charge is 0.455 e. The van der Waals surface area contributed by atoms with Crippen molar-refractivity contribution in [2.45, 2.75) is 47.1 Å². The van der Waals surface area contributed by atoms with Crippen LogP contribution in [0.25, 0.3) is 0 Å². The van der Waals surface area contributed by atoms with Gasteiger partial charge in [-0.2, -0.15) is 0 Å². The van der Waals surface area contributed by atoms with Gasteiger partial charge in [0.05, 0.1) is 5.56 Å². The minimum atomic E-state index is -0.342. The number of nitrogens with one attached hydrogen (secondary N) is 2. The molecule has 0 saturated carbocycles. The van der Waals surface area contributed by atoms with Gasteiger partial charge in [0.15, 0.2) is 11.5 Å². The molecule has 148 valence electrons. The van der Waals surface area contributed by atoms with Crippen LogP contribution < -0.4 is 10.6 Å². The van der Waals surface area contributed by atoms with E-state index in [0.717, 1.165) is 5.56 Å². The van der Waals surface area contributed by atoms with Crippen LogP contribution in [0.2, 0.25) is 0 Å². The Labute approximate surface area is 164 Å². The van der Waals surface area contributed by atoms with Crippen LogP contribution in [0.15, 0.2) is 28.7 Å². The summed E-state index contributed by atoms with van der Waals surface area (Å²) in [4.78, 5) is 36.8. The average molecular weight is 382 g/mol. The molecule has 0 bridgehead atoms. The van der Waals surface area contributed by atoms with Crippen LogP contribution in [-0.2, 0) is 13.0 Å². The molecule has 2 aromatic rings. The molecular formula is C22H26N2O4. The molecule has 2 N–H and O–H groups in total. The van der Waals surface area contributed by atoms with E-state index in [4.69, 9.17) is 4.42 Å². The smallest absolute Gasteiger partial charge is 0.287 e. The summed E-state index contributed by atoms with van der Waals surface area (Å²) >= 11 is 0. The van der Waals surface area contributed by atoms with Gasteiger partial charge < -0.3 is 15.1 Å². The SMILES string of the molecule is CCNC(=O)c1ccc(CNC(=O)c2oc3c(c2C)C(=O)CC(C)(C)C3)cc1. The van der Waals surface area contributed by atoms with Crippen molar-refractivity contribution in [3.05, 3.63) is 58.0 Å². The summed E-state index contributed by atoms with van der Waals surface area (Å²) in [6.45, 7) is 8.55. The molecule has 6 heteroatoms. The second kappa shape index (κ2) is 7.62. The number of furan rings is 1. The molecular weight excluding hydrogens is 356 g/mol. The summed E-state index contributed by atoms with van der Waals surface area (Å²) in [6, 6.07) is 7.06. The Kier molecular flexibility index (Phi) is 5.40. The van der Waals surface area contributed by atoms with Crippen molar-refractivity contribution in [2.75, 3.05) is 6.54 Å². The average Bonchev–Trinajstić information content (AvgIpc) is 2.95. The van der Waals surface area contributed by atoms with Crippen LogP contribution >= 0.6 is 0 Å². The van der Waals surface area contributed by atoms with Crippen molar-refractivity contribution in [1.82, 2.24) is 10.6 Å². The quantitative estimate of drug-likeness (QED) is 0.829.